The smallest absolute Gasteiger partial charge is 0.387 e. The number of rotatable bonds is 11. The third-order valence-electron chi connectivity index (χ3n) is 7.96. The predicted octanol–water partition coefficient (Wildman–Crippen LogP) is 10.1. The van der Waals surface area contributed by atoms with Gasteiger partial charge in [0.15, 0.2) is 0 Å². The van der Waals surface area contributed by atoms with E-state index >= 15 is 4.39 Å². The molecule has 1 nitrogen and oxygen atoms in total. The molecular weight excluding hydrogens is 481 g/mol. The first-order valence-corrected chi connectivity index (χ1v) is 14.3. The standard InChI is InChI=1S/C34H39F3O/c1-2-3-4-5-6-7-25-8-10-26(11-9-25)12-13-28-17-23-32-30(24-28)20-19-29(33(32)35)18-14-27-15-21-31(22-16-27)38-34(36)37/h15-17,19-26,34H,2-13H2,1H3. The summed E-state index contributed by atoms with van der Waals surface area (Å²) in [4.78, 5) is 0. The van der Waals surface area contributed by atoms with Gasteiger partial charge in [0.2, 0.25) is 0 Å². The molecule has 0 amide bonds. The lowest BCUT2D eigenvalue weighted by atomic mass is 9.77. The molecule has 0 spiro atoms. The Kier molecular flexibility index (Phi) is 10.6. The first-order valence-electron chi connectivity index (χ1n) is 14.3. The lowest BCUT2D eigenvalue weighted by Crippen LogP contribution is -2.15. The van der Waals surface area contributed by atoms with Gasteiger partial charge < -0.3 is 4.74 Å². The van der Waals surface area contributed by atoms with Crippen LogP contribution in [0.15, 0.2) is 54.6 Å². The predicted molar refractivity (Wildman–Crippen MR) is 150 cm³/mol. The van der Waals surface area contributed by atoms with Crippen LogP contribution >= 0.6 is 0 Å². The third kappa shape index (κ3) is 8.29. The molecule has 0 saturated heterocycles. The van der Waals surface area contributed by atoms with E-state index in [9.17, 15) is 8.78 Å². The zero-order valence-corrected chi connectivity index (χ0v) is 22.5. The van der Waals surface area contributed by atoms with Gasteiger partial charge in [0, 0.05) is 10.9 Å². The second kappa shape index (κ2) is 14.3. The van der Waals surface area contributed by atoms with E-state index in [4.69, 9.17) is 0 Å². The van der Waals surface area contributed by atoms with Gasteiger partial charge in [-0.25, -0.2) is 4.39 Å². The van der Waals surface area contributed by atoms with Crippen LogP contribution in [0.25, 0.3) is 10.8 Å². The quantitative estimate of drug-likeness (QED) is 0.180. The van der Waals surface area contributed by atoms with E-state index in [0.717, 1.165) is 23.6 Å². The molecule has 3 aromatic rings. The van der Waals surface area contributed by atoms with Gasteiger partial charge in [0.05, 0.1) is 5.56 Å². The highest BCUT2D eigenvalue weighted by atomic mass is 19.3. The van der Waals surface area contributed by atoms with Crippen molar-refractivity contribution in [2.45, 2.75) is 90.6 Å². The first-order chi connectivity index (χ1) is 18.5. The van der Waals surface area contributed by atoms with Gasteiger partial charge >= 0.3 is 6.61 Å². The summed E-state index contributed by atoms with van der Waals surface area (Å²) in [7, 11) is 0. The molecule has 0 heterocycles. The maximum Gasteiger partial charge on any atom is 0.387 e. The lowest BCUT2D eigenvalue weighted by Gasteiger charge is -2.28. The van der Waals surface area contributed by atoms with Gasteiger partial charge in [-0.1, -0.05) is 107 Å². The average Bonchev–Trinajstić information content (AvgIpc) is 2.92. The summed E-state index contributed by atoms with van der Waals surface area (Å²) < 4.78 is 44.1. The highest BCUT2D eigenvalue weighted by Crippen LogP contribution is 2.34. The van der Waals surface area contributed by atoms with Crippen molar-refractivity contribution in [3.8, 4) is 17.6 Å². The van der Waals surface area contributed by atoms with Crippen LogP contribution in [0.5, 0.6) is 5.75 Å². The van der Waals surface area contributed by atoms with Crippen molar-refractivity contribution in [3.63, 3.8) is 0 Å². The van der Waals surface area contributed by atoms with E-state index in [1.165, 1.54) is 88.3 Å². The number of hydrogen-bond acceptors (Lipinski definition) is 1. The van der Waals surface area contributed by atoms with Crippen LogP contribution in [0.4, 0.5) is 13.2 Å². The zero-order valence-electron chi connectivity index (χ0n) is 22.5. The van der Waals surface area contributed by atoms with Crippen LogP contribution < -0.4 is 4.74 Å². The molecular formula is C34H39F3O. The van der Waals surface area contributed by atoms with Gasteiger partial charge in [0.1, 0.15) is 11.6 Å². The van der Waals surface area contributed by atoms with Gasteiger partial charge in [-0.3, -0.25) is 0 Å². The van der Waals surface area contributed by atoms with Crippen LogP contribution in [0, 0.1) is 29.5 Å². The second-order valence-electron chi connectivity index (χ2n) is 10.8. The molecule has 1 aliphatic carbocycles. The molecule has 202 valence electrons. The maximum atomic E-state index is 15.2. The Bertz CT molecular complexity index is 1210. The van der Waals surface area contributed by atoms with Crippen molar-refractivity contribution >= 4 is 10.8 Å². The number of unbranched alkanes of at least 4 members (excludes halogenated alkanes) is 4. The van der Waals surface area contributed by atoms with Crippen LogP contribution in [-0.4, -0.2) is 6.61 Å². The van der Waals surface area contributed by atoms with Crippen molar-refractivity contribution in [2.75, 3.05) is 0 Å². The van der Waals surface area contributed by atoms with Crippen LogP contribution in [0.1, 0.15) is 94.2 Å². The normalized spacial score (nSPS) is 17.4. The number of halogens is 3. The molecule has 0 atom stereocenters. The average molecular weight is 521 g/mol. The minimum atomic E-state index is -2.87. The molecule has 0 aromatic heterocycles. The number of hydrogen-bond donors (Lipinski definition) is 0. The van der Waals surface area contributed by atoms with E-state index in [2.05, 4.69) is 29.6 Å². The Balaban J connectivity index is 1.29. The van der Waals surface area contributed by atoms with Crippen LogP contribution in [0.3, 0.4) is 0 Å². The zero-order chi connectivity index (χ0) is 26.7. The number of benzene rings is 3. The fourth-order valence-corrected chi connectivity index (χ4v) is 5.67. The Morgan fingerprint density at radius 2 is 1.53 bits per heavy atom. The Labute approximate surface area is 225 Å². The van der Waals surface area contributed by atoms with E-state index < -0.39 is 6.61 Å². The lowest BCUT2D eigenvalue weighted by molar-refractivity contribution is -0.0498. The molecule has 0 radical (unpaired) electrons. The van der Waals surface area contributed by atoms with Crippen molar-refractivity contribution in [1.82, 2.24) is 0 Å². The summed E-state index contributed by atoms with van der Waals surface area (Å²) in [6.07, 6.45) is 16.0. The third-order valence-corrected chi connectivity index (χ3v) is 7.96. The second-order valence-corrected chi connectivity index (χ2v) is 10.8. The highest BCUT2D eigenvalue weighted by molar-refractivity contribution is 5.85. The van der Waals surface area contributed by atoms with Crippen LogP contribution in [0.2, 0.25) is 0 Å². The molecule has 4 rings (SSSR count). The largest absolute Gasteiger partial charge is 0.435 e. The van der Waals surface area contributed by atoms with E-state index in [-0.39, 0.29) is 11.6 Å². The van der Waals surface area contributed by atoms with Gasteiger partial charge in [0.25, 0.3) is 0 Å². The fraction of sp³-hybridized carbons (Fsp3) is 0.471. The fourth-order valence-electron chi connectivity index (χ4n) is 5.67. The molecule has 0 bridgehead atoms. The molecule has 1 fully saturated rings. The van der Waals surface area contributed by atoms with Gasteiger partial charge in [-0.2, -0.15) is 8.78 Å². The molecule has 0 unspecified atom stereocenters. The van der Waals surface area contributed by atoms with Crippen molar-refractivity contribution in [1.29, 1.82) is 0 Å². The minimum absolute atomic E-state index is 0.0686. The Hall–Kier alpha value is -2.93. The van der Waals surface area contributed by atoms with Gasteiger partial charge in [-0.15, -0.1) is 0 Å². The minimum Gasteiger partial charge on any atom is -0.435 e. The molecule has 38 heavy (non-hydrogen) atoms. The summed E-state index contributed by atoms with van der Waals surface area (Å²) in [5, 5.41) is 1.46. The molecule has 0 aliphatic heterocycles. The number of fused-ring (bicyclic) bond motifs is 1. The molecule has 0 N–H and O–H groups in total. The monoisotopic (exact) mass is 520 g/mol. The Morgan fingerprint density at radius 3 is 2.24 bits per heavy atom. The first kappa shape index (κ1) is 28.1. The number of alkyl halides is 2. The van der Waals surface area contributed by atoms with Gasteiger partial charge in [-0.05, 0) is 66.0 Å². The van der Waals surface area contributed by atoms with Crippen molar-refractivity contribution in [3.05, 3.63) is 77.1 Å². The van der Waals surface area contributed by atoms with Crippen molar-refractivity contribution < 1.29 is 17.9 Å². The SMILES string of the molecule is CCCCCCCC1CCC(CCc2ccc3c(F)c(C#Cc4ccc(OC(F)F)cc4)ccc3c2)CC1. The summed E-state index contributed by atoms with van der Waals surface area (Å²) >= 11 is 0. The molecule has 1 saturated carbocycles. The van der Waals surface area contributed by atoms with E-state index in [0.29, 0.717) is 16.5 Å². The number of ether oxygens (including phenoxy) is 1. The topological polar surface area (TPSA) is 9.23 Å². The van der Waals surface area contributed by atoms with Crippen LogP contribution in [-0.2, 0) is 6.42 Å². The molecule has 4 heteroatoms. The van der Waals surface area contributed by atoms with E-state index in [1.54, 1.807) is 18.2 Å². The van der Waals surface area contributed by atoms with Crippen molar-refractivity contribution in [2.24, 2.45) is 11.8 Å². The number of aryl methyl sites for hydroxylation is 1. The molecule has 3 aromatic carbocycles. The Morgan fingerprint density at radius 1 is 0.816 bits per heavy atom. The summed E-state index contributed by atoms with van der Waals surface area (Å²) in [6.45, 7) is -0.594. The maximum absolute atomic E-state index is 15.2. The summed E-state index contributed by atoms with van der Waals surface area (Å²) in [5.74, 6) is 7.27. The summed E-state index contributed by atoms with van der Waals surface area (Å²) in [5.41, 5.74) is 2.18. The summed E-state index contributed by atoms with van der Waals surface area (Å²) in [6, 6.07) is 15.7. The highest BCUT2D eigenvalue weighted by Gasteiger charge is 2.20. The van der Waals surface area contributed by atoms with E-state index in [1.807, 2.05) is 18.2 Å². The molecule has 1 aliphatic rings.